The molecule has 0 radical (unpaired) electrons. The highest BCUT2D eigenvalue weighted by Gasteiger charge is 1.96. The van der Waals surface area contributed by atoms with E-state index in [2.05, 4.69) is 0 Å². The number of hydrogen-bond acceptors (Lipinski definition) is 2. The molecule has 13 heavy (non-hydrogen) atoms. The van der Waals surface area contributed by atoms with Gasteiger partial charge in [0, 0.05) is 11.0 Å². The van der Waals surface area contributed by atoms with Crippen molar-refractivity contribution in [2.24, 2.45) is 0 Å². The fourth-order valence-electron chi connectivity index (χ4n) is 0.878. The summed E-state index contributed by atoms with van der Waals surface area (Å²) in [5.41, 5.74) is 0. The van der Waals surface area contributed by atoms with Gasteiger partial charge in [-0.2, -0.15) is 0 Å². The van der Waals surface area contributed by atoms with Crippen molar-refractivity contribution in [1.29, 1.82) is 0 Å². The molecular weight excluding hydrogens is 184 g/mol. The van der Waals surface area contributed by atoms with Crippen molar-refractivity contribution in [2.75, 3.05) is 0 Å². The fraction of sp³-hybridized carbons (Fsp3) is 0.100. The maximum absolute atomic E-state index is 10.3. The van der Waals surface area contributed by atoms with Crippen molar-refractivity contribution >= 4 is 17.7 Å². The molecule has 0 spiro atoms. The van der Waals surface area contributed by atoms with Crippen LogP contribution in [0.15, 0.2) is 46.2 Å². The number of rotatable bonds is 3. The zero-order valence-electron chi connectivity index (χ0n) is 7.23. The van der Waals surface area contributed by atoms with Gasteiger partial charge in [-0.15, -0.1) is 0 Å². The Morgan fingerprint density at radius 2 is 2.00 bits per heavy atom. The number of carbonyl (C=O) groups is 1. The molecule has 0 amide bonds. The molecule has 1 N–H and O–H groups in total. The van der Waals surface area contributed by atoms with Gasteiger partial charge in [0.1, 0.15) is 0 Å². The topological polar surface area (TPSA) is 37.3 Å². The van der Waals surface area contributed by atoms with Gasteiger partial charge in [-0.3, -0.25) is 0 Å². The smallest absolute Gasteiger partial charge is 0.329 e. The molecule has 3 heteroatoms. The highest BCUT2D eigenvalue weighted by Crippen LogP contribution is 2.25. The Morgan fingerprint density at radius 3 is 2.54 bits per heavy atom. The van der Waals surface area contributed by atoms with Crippen molar-refractivity contribution in [3.05, 3.63) is 41.3 Å². The molecule has 0 aliphatic carbocycles. The van der Waals surface area contributed by atoms with Crippen LogP contribution in [0.1, 0.15) is 6.92 Å². The Balaban J connectivity index is 2.65. The van der Waals surface area contributed by atoms with Gasteiger partial charge in [0.05, 0.1) is 0 Å². The van der Waals surface area contributed by atoms with Crippen LogP contribution in [-0.4, -0.2) is 11.1 Å². The second-order valence-electron chi connectivity index (χ2n) is 2.51. The van der Waals surface area contributed by atoms with E-state index in [9.17, 15) is 4.79 Å². The van der Waals surface area contributed by atoms with Gasteiger partial charge in [-0.25, -0.2) is 4.79 Å². The lowest BCUT2D eigenvalue weighted by atomic mass is 10.4. The summed E-state index contributed by atoms with van der Waals surface area (Å²) in [6, 6.07) is 9.68. The molecule has 1 rings (SSSR count). The highest BCUT2D eigenvalue weighted by molar-refractivity contribution is 8.03. The van der Waals surface area contributed by atoms with Gasteiger partial charge in [0.25, 0.3) is 0 Å². The van der Waals surface area contributed by atoms with Gasteiger partial charge in [-0.1, -0.05) is 30.0 Å². The number of hydrogen-bond donors (Lipinski definition) is 1. The monoisotopic (exact) mass is 194 g/mol. The number of thioether (sulfide) groups is 1. The molecule has 0 aliphatic rings. The van der Waals surface area contributed by atoms with Gasteiger partial charge in [-0.05, 0) is 24.0 Å². The standard InChI is InChI=1S/C10H10O2S/c1-8(7-10(11)12)13-9-5-3-2-4-6-9/h2-7H,1H3,(H,11,12)/b8-7+. The molecule has 0 fully saturated rings. The summed E-state index contributed by atoms with van der Waals surface area (Å²) in [4.78, 5) is 12.1. The quantitative estimate of drug-likeness (QED) is 0.594. The van der Waals surface area contributed by atoms with E-state index < -0.39 is 5.97 Å². The second kappa shape index (κ2) is 4.72. The lowest BCUT2D eigenvalue weighted by Gasteiger charge is -1.98. The van der Waals surface area contributed by atoms with Crippen LogP contribution in [0.2, 0.25) is 0 Å². The van der Waals surface area contributed by atoms with E-state index in [1.165, 1.54) is 17.8 Å². The summed E-state index contributed by atoms with van der Waals surface area (Å²) < 4.78 is 0. The SMILES string of the molecule is C/C(=C\C(=O)O)Sc1ccccc1. The highest BCUT2D eigenvalue weighted by atomic mass is 32.2. The Bertz CT molecular complexity index is 317. The zero-order valence-corrected chi connectivity index (χ0v) is 8.04. The number of carboxylic acid groups (broad SMARTS) is 1. The first-order valence-corrected chi connectivity index (χ1v) is 4.64. The van der Waals surface area contributed by atoms with E-state index in [4.69, 9.17) is 5.11 Å². The first-order chi connectivity index (χ1) is 6.18. The average Bonchev–Trinajstić information content (AvgIpc) is 2.04. The fourth-order valence-corrected chi connectivity index (χ4v) is 1.70. The van der Waals surface area contributed by atoms with Gasteiger partial charge in [0.15, 0.2) is 0 Å². The Morgan fingerprint density at radius 1 is 1.38 bits per heavy atom. The van der Waals surface area contributed by atoms with E-state index >= 15 is 0 Å². The van der Waals surface area contributed by atoms with E-state index in [1.54, 1.807) is 6.92 Å². The van der Waals surface area contributed by atoms with Gasteiger partial charge >= 0.3 is 5.97 Å². The summed E-state index contributed by atoms with van der Waals surface area (Å²) >= 11 is 1.45. The molecule has 0 bridgehead atoms. The molecule has 2 nitrogen and oxygen atoms in total. The molecule has 0 unspecified atom stereocenters. The maximum Gasteiger partial charge on any atom is 0.329 e. The van der Waals surface area contributed by atoms with Crippen LogP contribution in [0.3, 0.4) is 0 Å². The Labute approximate surface area is 81.3 Å². The summed E-state index contributed by atoms with van der Waals surface area (Å²) in [6.45, 7) is 1.78. The predicted octanol–water partition coefficient (Wildman–Crippen LogP) is 2.77. The third-order valence-electron chi connectivity index (χ3n) is 1.35. The predicted molar refractivity (Wildman–Crippen MR) is 53.7 cm³/mol. The summed E-state index contributed by atoms with van der Waals surface area (Å²) in [5.74, 6) is -0.902. The van der Waals surface area contributed by atoms with Crippen LogP contribution in [-0.2, 0) is 4.79 Å². The van der Waals surface area contributed by atoms with Crippen LogP contribution in [0.4, 0.5) is 0 Å². The molecule has 68 valence electrons. The normalized spacial score (nSPS) is 11.3. The van der Waals surface area contributed by atoms with Crippen LogP contribution in [0, 0.1) is 0 Å². The molecule has 0 saturated heterocycles. The van der Waals surface area contributed by atoms with Crippen molar-refractivity contribution < 1.29 is 9.90 Å². The molecule has 0 aromatic heterocycles. The van der Waals surface area contributed by atoms with Crippen molar-refractivity contribution in [2.45, 2.75) is 11.8 Å². The van der Waals surface area contributed by atoms with Crippen LogP contribution < -0.4 is 0 Å². The van der Waals surface area contributed by atoms with Crippen LogP contribution in [0.25, 0.3) is 0 Å². The van der Waals surface area contributed by atoms with Crippen molar-refractivity contribution in [3.63, 3.8) is 0 Å². The third-order valence-corrected chi connectivity index (χ3v) is 2.30. The largest absolute Gasteiger partial charge is 0.478 e. The molecule has 0 heterocycles. The van der Waals surface area contributed by atoms with Crippen LogP contribution in [0.5, 0.6) is 0 Å². The molecule has 1 aromatic rings. The molecule has 0 saturated carbocycles. The van der Waals surface area contributed by atoms with E-state index in [-0.39, 0.29) is 0 Å². The number of allylic oxidation sites excluding steroid dienone is 1. The minimum Gasteiger partial charge on any atom is -0.478 e. The molecular formula is C10H10O2S. The first kappa shape index (κ1) is 9.86. The number of benzene rings is 1. The van der Waals surface area contributed by atoms with Crippen molar-refractivity contribution in [3.8, 4) is 0 Å². The Kier molecular flexibility index (Phi) is 3.58. The average molecular weight is 194 g/mol. The second-order valence-corrected chi connectivity index (χ2v) is 3.83. The maximum atomic E-state index is 10.3. The lowest BCUT2D eigenvalue weighted by molar-refractivity contribution is -0.131. The summed E-state index contributed by atoms with van der Waals surface area (Å²) in [6.07, 6.45) is 1.21. The molecule has 1 aromatic carbocycles. The van der Waals surface area contributed by atoms with Gasteiger partial charge in [0.2, 0.25) is 0 Å². The van der Waals surface area contributed by atoms with Crippen LogP contribution >= 0.6 is 11.8 Å². The summed E-state index contributed by atoms with van der Waals surface area (Å²) in [5, 5.41) is 8.47. The van der Waals surface area contributed by atoms with Crippen molar-refractivity contribution in [1.82, 2.24) is 0 Å². The van der Waals surface area contributed by atoms with E-state index in [0.717, 1.165) is 9.80 Å². The minimum atomic E-state index is -0.902. The first-order valence-electron chi connectivity index (χ1n) is 3.82. The minimum absolute atomic E-state index is 0.777. The van der Waals surface area contributed by atoms with E-state index in [1.807, 2.05) is 30.3 Å². The molecule has 0 aliphatic heterocycles. The third kappa shape index (κ3) is 3.80. The number of carboxylic acids is 1. The zero-order chi connectivity index (χ0) is 9.68. The lowest BCUT2D eigenvalue weighted by Crippen LogP contribution is -1.87. The molecule has 0 atom stereocenters. The summed E-state index contributed by atoms with van der Waals surface area (Å²) in [7, 11) is 0. The number of aliphatic carboxylic acids is 1. The van der Waals surface area contributed by atoms with Gasteiger partial charge < -0.3 is 5.11 Å². The Hall–Kier alpha value is -1.22. The van der Waals surface area contributed by atoms with E-state index in [0.29, 0.717) is 0 Å².